The average molecular weight is 483 g/mol. The van der Waals surface area contributed by atoms with Crippen molar-refractivity contribution in [2.45, 2.75) is 13.0 Å². The molecule has 3 aromatic carbocycles. The van der Waals surface area contributed by atoms with E-state index in [9.17, 15) is 14.9 Å². The van der Waals surface area contributed by atoms with Crippen molar-refractivity contribution < 1.29 is 14.5 Å². The number of hydrogen-bond donors (Lipinski definition) is 2. The van der Waals surface area contributed by atoms with Gasteiger partial charge in [-0.1, -0.05) is 42.5 Å². The number of nitro benzene ring substituents is 1. The van der Waals surface area contributed by atoms with Crippen molar-refractivity contribution in [3.05, 3.63) is 106 Å². The summed E-state index contributed by atoms with van der Waals surface area (Å²) in [5, 5.41) is 21.9. The lowest BCUT2D eigenvalue weighted by atomic mass is 9.95. The molecule has 1 aromatic heterocycles. The van der Waals surface area contributed by atoms with Crippen LogP contribution in [-0.2, 0) is 4.79 Å². The van der Waals surface area contributed by atoms with Crippen LogP contribution >= 0.6 is 0 Å². The van der Waals surface area contributed by atoms with Crippen LogP contribution in [-0.4, -0.2) is 32.7 Å². The Morgan fingerprint density at radius 1 is 1.06 bits per heavy atom. The van der Waals surface area contributed by atoms with E-state index >= 15 is 0 Å². The summed E-state index contributed by atoms with van der Waals surface area (Å²) in [6.07, 6.45) is 0. The monoisotopic (exact) mass is 482 g/mol. The van der Waals surface area contributed by atoms with E-state index in [2.05, 4.69) is 15.6 Å². The fourth-order valence-electron chi connectivity index (χ4n) is 4.18. The van der Waals surface area contributed by atoms with Gasteiger partial charge in [-0.3, -0.25) is 14.9 Å². The first kappa shape index (κ1) is 22.8. The molecule has 0 aliphatic carbocycles. The number of rotatable bonds is 6. The fourth-order valence-corrected chi connectivity index (χ4v) is 4.18. The summed E-state index contributed by atoms with van der Waals surface area (Å²) >= 11 is 0. The quantitative estimate of drug-likeness (QED) is 0.299. The van der Waals surface area contributed by atoms with Gasteiger partial charge in [-0.05, 0) is 36.8 Å². The molecule has 1 amide bonds. The fraction of sp³-hybridized carbons (Fsp3) is 0.115. The standard InChI is InChI=1S/C26H22N6O4/c1-16-22(25(33)28-20-10-6-7-11-21(20)36-2)23(17-8-4-3-5-9-17)31-26(27-16)29-24(30-31)18-12-14-19(15-13-18)32(34)35/h3-15,23H,1-2H3,(H,28,33)(H,27,29,30). The Kier molecular flexibility index (Phi) is 5.91. The summed E-state index contributed by atoms with van der Waals surface area (Å²) in [6, 6.07) is 22.2. The third-order valence-corrected chi connectivity index (χ3v) is 5.90. The van der Waals surface area contributed by atoms with Crippen molar-refractivity contribution in [1.82, 2.24) is 14.8 Å². The number of aromatic nitrogens is 3. The molecule has 0 saturated carbocycles. The first-order valence-electron chi connectivity index (χ1n) is 11.1. The number of carbonyl (C=O) groups is 1. The zero-order chi connectivity index (χ0) is 25.2. The van der Waals surface area contributed by atoms with Gasteiger partial charge in [0.15, 0.2) is 5.82 Å². The van der Waals surface area contributed by atoms with Gasteiger partial charge in [0.2, 0.25) is 5.95 Å². The number of non-ortho nitro benzene ring substituents is 1. The maximum atomic E-state index is 13.6. The van der Waals surface area contributed by atoms with Gasteiger partial charge in [0.1, 0.15) is 11.8 Å². The average Bonchev–Trinajstić information content (AvgIpc) is 3.32. The van der Waals surface area contributed by atoms with Crippen molar-refractivity contribution in [2.75, 3.05) is 17.7 Å². The first-order chi connectivity index (χ1) is 17.5. The number of nitrogens with one attached hydrogen (secondary N) is 2. The zero-order valence-corrected chi connectivity index (χ0v) is 19.5. The third-order valence-electron chi connectivity index (χ3n) is 5.90. The lowest BCUT2D eigenvalue weighted by molar-refractivity contribution is -0.384. The van der Waals surface area contributed by atoms with Gasteiger partial charge in [-0.15, -0.1) is 5.10 Å². The number of carbonyl (C=O) groups excluding carboxylic acids is 1. The maximum Gasteiger partial charge on any atom is 0.269 e. The highest BCUT2D eigenvalue weighted by Crippen LogP contribution is 2.37. The summed E-state index contributed by atoms with van der Waals surface area (Å²) in [5.74, 6) is 1.08. The Morgan fingerprint density at radius 3 is 2.44 bits per heavy atom. The summed E-state index contributed by atoms with van der Waals surface area (Å²) in [7, 11) is 1.55. The molecule has 1 aliphatic rings. The number of nitrogens with zero attached hydrogens (tertiary/aromatic N) is 4. The van der Waals surface area contributed by atoms with Crippen LogP contribution < -0.4 is 15.4 Å². The molecule has 5 rings (SSSR count). The van der Waals surface area contributed by atoms with E-state index in [1.165, 1.54) is 12.1 Å². The van der Waals surface area contributed by atoms with Crippen LogP contribution in [0.15, 0.2) is 90.1 Å². The third kappa shape index (κ3) is 4.16. The molecular weight excluding hydrogens is 460 g/mol. The number of benzene rings is 3. The normalized spacial score (nSPS) is 14.6. The van der Waals surface area contributed by atoms with Crippen LogP contribution in [0.1, 0.15) is 18.5 Å². The molecule has 0 fully saturated rings. The van der Waals surface area contributed by atoms with Gasteiger partial charge in [0, 0.05) is 23.4 Å². The van der Waals surface area contributed by atoms with Crippen molar-refractivity contribution in [1.29, 1.82) is 0 Å². The minimum Gasteiger partial charge on any atom is -0.495 e. The van der Waals surface area contributed by atoms with Gasteiger partial charge in [-0.25, -0.2) is 4.68 Å². The van der Waals surface area contributed by atoms with E-state index in [-0.39, 0.29) is 11.6 Å². The molecule has 10 heteroatoms. The highest BCUT2D eigenvalue weighted by molar-refractivity contribution is 6.06. The van der Waals surface area contributed by atoms with E-state index in [0.717, 1.165) is 5.56 Å². The number of para-hydroxylation sites is 2. The van der Waals surface area contributed by atoms with Crippen LogP contribution in [0.5, 0.6) is 5.75 Å². The summed E-state index contributed by atoms with van der Waals surface area (Å²) in [5.41, 5.74) is 3.11. The van der Waals surface area contributed by atoms with Crippen LogP contribution in [0.2, 0.25) is 0 Å². The molecule has 10 nitrogen and oxygen atoms in total. The Hall–Kier alpha value is -4.99. The molecule has 2 N–H and O–H groups in total. The molecule has 0 saturated heterocycles. The Bertz CT molecular complexity index is 1480. The molecule has 1 atom stereocenters. The Balaban J connectivity index is 1.56. The van der Waals surface area contributed by atoms with E-state index in [1.54, 1.807) is 36.1 Å². The van der Waals surface area contributed by atoms with Crippen molar-refractivity contribution in [3.63, 3.8) is 0 Å². The second-order valence-corrected chi connectivity index (χ2v) is 8.14. The Labute approximate surface area is 206 Å². The predicted molar refractivity (Wildman–Crippen MR) is 135 cm³/mol. The molecule has 36 heavy (non-hydrogen) atoms. The zero-order valence-electron chi connectivity index (χ0n) is 19.5. The van der Waals surface area contributed by atoms with Crippen LogP contribution in [0.3, 0.4) is 0 Å². The lowest BCUT2D eigenvalue weighted by Crippen LogP contribution is -2.31. The minimum absolute atomic E-state index is 0.0178. The second kappa shape index (κ2) is 9.34. The highest BCUT2D eigenvalue weighted by atomic mass is 16.6. The maximum absolute atomic E-state index is 13.6. The van der Waals surface area contributed by atoms with Gasteiger partial charge in [0.05, 0.1) is 23.3 Å². The van der Waals surface area contributed by atoms with Crippen LogP contribution in [0, 0.1) is 10.1 Å². The number of allylic oxidation sites excluding steroid dienone is 1. The highest BCUT2D eigenvalue weighted by Gasteiger charge is 2.34. The molecule has 180 valence electrons. The number of nitro groups is 1. The molecular formula is C26H22N6O4. The largest absolute Gasteiger partial charge is 0.495 e. The van der Waals surface area contributed by atoms with E-state index in [0.29, 0.717) is 40.0 Å². The molecule has 2 heterocycles. The molecule has 1 aliphatic heterocycles. The molecule has 0 bridgehead atoms. The number of methoxy groups -OCH3 is 1. The number of hydrogen-bond acceptors (Lipinski definition) is 7. The SMILES string of the molecule is COc1ccccc1NC(=O)C1=C(C)Nc2nc(-c3ccc([N+](=O)[O-])cc3)nn2C1c1ccccc1. The summed E-state index contributed by atoms with van der Waals surface area (Å²) in [4.78, 5) is 28.8. The van der Waals surface area contributed by atoms with Gasteiger partial charge in [-0.2, -0.15) is 4.98 Å². The van der Waals surface area contributed by atoms with Crippen LogP contribution in [0.25, 0.3) is 11.4 Å². The molecule has 0 radical (unpaired) electrons. The predicted octanol–water partition coefficient (Wildman–Crippen LogP) is 4.79. The summed E-state index contributed by atoms with van der Waals surface area (Å²) < 4.78 is 7.05. The minimum atomic E-state index is -0.559. The van der Waals surface area contributed by atoms with E-state index < -0.39 is 11.0 Å². The van der Waals surface area contributed by atoms with Crippen molar-refractivity contribution in [2.24, 2.45) is 0 Å². The van der Waals surface area contributed by atoms with Gasteiger partial charge < -0.3 is 15.4 Å². The smallest absolute Gasteiger partial charge is 0.269 e. The first-order valence-corrected chi connectivity index (χ1v) is 11.1. The van der Waals surface area contributed by atoms with Gasteiger partial charge in [0.25, 0.3) is 11.6 Å². The van der Waals surface area contributed by atoms with E-state index in [4.69, 9.17) is 9.84 Å². The molecule has 4 aromatic rings. The Morgan fingerprint density at radius 2 is 1.75 bits per heavy atom. The second-order valence-electron chi connectivity index (χ2n) is 8.14. The van der Waals surface area contributed by atoms with Gasteiger partial charge >= 0.3 is 0 Å². The van der Waals surface area contributed by atoms with Crippen LogP contribution in [0.4, 0.5) is 17.3 Å². The van der Waals surface area contributed by atoms with Crippen molar-refractivity contribution >= 4 is 23.2 Å². The molecule has 1 unspecified atom stereocenters. The number of amides is 1. The topological polar surface area (TPSA) is 124 Å². The molecule has 0 spiro atoms. The number of fused-ring (bicyclic) bond motifs is 1. The van der Waals surface area contributed by atoms with Crippen molar-refractivity contribution in [3.8, 4) is 17.1 Å². The summed E-state index contributed by atoms with van der Waals surface area (Å²) in [6.45, 7) is 1.82. The number of ether oxygens (including phenoxy) is 1. The lowest BCUT2D eigenvalue weighted by Gasteiger charge is -2.28. The van der Waals surface area contributed by atoms with E-state index in [1.807, 2.05) is 49.4 Å². The number of anilines is 2.